The summed E-state index contributed by atoms with van der Waals surface area (Å²) in [6, 6.07) is 0. The Hall–Kier alpha value is -1.21. The molecule has 0 amide bonds. The van der Waals surface area contributed by atoms with Crippen LogP contribution in [0.5, 0.6) is 0 Å². The third kappa shape index (κ3) is 10.0. The number of rotatable bonds is 14. The Labute approximate surface area is 418 Å². The zero-order valence-electron chi connectivity index (χ0n) is 41.4. The van der Waals surface area contributed by atoms with Gasteiger partial charge in [0.2, 0.25) is 0 Å². The van der Waals surface area contributed by atoms with Crippen LogP contribution in [0.25, 0.3) is 0 Å². The van der Waals surface area contributed by atoms with Gasteiger partial charge in [-0.3, -0.25) is 4.79 Å². The second-order valence-electron chi connectivity index (χ2n) is 23.4. The van der Waals surface area contributed by atoms with E-state index in [1.165, 1.54) is 0 Å². The third-order valence-corrected chi connectivity index (χ3v) is 19.1. The fraction of sp³-hybridized carbons (Fsp3) is 0.980. The van der Waals surface area contributed by atoms with Crippen LogP contribution < -0.4 is 0 Å². The van der Waals surface area contributed by atoms with Crippen molar-refractivity contribution in [2.24, 2.45) is 52.3 Å². The number of aliphatic hydroxyl groups excluding tert-OH is 12. The van der Waals surface area contributed by atoms with Crippen molar-refractivity contribution in [2.75, 3.05) is 33.0 Å². The van der Waals surface area contributed by atoms with E-state index >= 15 is 0 Å². The average Bonchev–Trinajstić information content (AvgIpc) is 3.79. The van der Waals surface area contributed by atoms with Crippen molar-refractivity contribution in [3.05, 3.63) is 0 Å². The maximum atomic E-state index is 14.5. The Kier molecular flexibility index (Phi) is 16.6. The molecule has 72 heavy (non-hydrogen) atoms. The molecular weight excluding hydrogens is 957 g/mol. The zero-order chi connectivity index (χ0) is 51.9. The van der Waals surface area contributed by atoms with Crippen molar-refractivity contribution in [1.82, 2.24) is 0 Å². The fourth-order valence-corrected chi connectivity index (χ4v) is 14.8. The van der Waals surface area contributed by atoms with E-state index in [2.05, 4.69) is 20.8 Å². The Morgan fingerprint density at radius 3 is 2.00 bits per heavy atom. The molecule has 0 aromatic rings. The molecule has 4 saturated carbocycles. The number of carbonyl (C=O) groups is 1. The van der Waals surface area contributed by atoms with Gasteiger partial charge in [0.25, 0.3) is 0 Å². The SMILES string of the molecule is C[C@H](CC[C@]1(O)O[C@H]2C[C@H]3[C@@H]4CC(=O)[C@H]5C[C@@H](O[C@@H]6O[C@H](CO[C@@H]7OC[C@H](O)[C@H](O)[C@H]7O)[C@@H](O[C@@H]7OC[C@@H](O)[C@H](O)[C@H]7O)[C@H](O)[C@H]6O)CC[C@]5(C)[C@H]4CC[C@]3(C)[C@H]2[C@@H]1C)CO[C@@H]1O[C@H](CO)[C@@H](O)[C@H](O)[C@H]1O. The number of fused-ring (bicyclic) bond motifs is 7. The van der Waals surface area contributed by atoms with E-state index in [4.69, 9.17) is 42.6 Å². The molecule has 0 unspecified atom stereocenters. The highest BCUT2D eigenvalue weighted by molar-refractivity contribution is 5.83. The van der Waals surface area contributed by atoms with Gasteiger partial charge in [-0.25, -0.2) is 0 Å². The minimum Gasteiger partial charge on any atom is -0.394 e. The standard InChI is InChI=1S/C49H80O23/c1-19(15-64-44-40(61)36(57)35(56)30(14-50)69-44)5-10-49(63)20(2)32-29(72-49)13-24-22-12-26(51)25-11-21(6-8-47(25,3)23(22)7-9-48(24,32)4)68-46-41(62)37(58)42(71-45-39(60)34(55)28(53)17-66-45)31(70-46)18-67-43-38(59)33(54)27(52)16-65-43/h19-25,27-46,50,52-63H,5-18H2,1-4H3/t19-,20+,21+,22-,23+,24+,25-,27+,28-,29+,30-,31-,32+,33+,34+,35-,36+,37-,38-,39-,40-,41-,42-,43+,44-,45+,46-,47-,48+,49+/m1/s1. The van der Waals surface area contributed by atoms with Crippen molar-refractivity contribution in [3.8, 4) is 0 Å². The van der Waals surface area contributed by atoms with Gasteiger partial charge >= 0.3 is 0 Å². The molecule has 9 aliphatic rings. The van der Waals surface area contributed by atoms with Crippen LogP contribution in [0.15, 0.2) is 0 Å². The Morgan fingerprint density at radius 1 is 0.681 bits per heavy atom. The molecule has 414 valence electrons. The Morgan fingerprint density at radius 2 is 1.31 bits per heavy atom. The molecule has 23 heteroatoms. The smallest absolute Gasteiger partial charge is 0.186 e. The van der Waals surface area contributed by atoms with E-state index in [0.29, 0.717) is 38.5 Å². The van der Waals surface area contributed by atoms with Gasteiger partial charge in [0, 0.05) is 24.7 Å². The van der Waals surface area contributed by atoms with E-state index in [1.54, 1.807) is 0 Å². The molecule has 0 aromatic heterocycles. The molecule has 30 atom stereocenters. The summed E-state index contributed by atoms with van der Waals surface area (Å²) < 4.78 is 53.0. The summed E-state index contributed by atoms with van der Waals surface area (Å²) in [5.41, 5.74) is -0.530. The third-order valence-electron chi connectivity index (χ3n) is 19.1. The van der Waals surface area contributed by atoms with Crippen molar-refractivity contribution in [3.63, 3.8) is 0 Å². The fourth-order valence-electron chi connectivity index (χ4n) is 14.8. The summed E-state index contributed by atoms with van der Waals surface area (Å²) in [7, 11) is 0. The maximum Gasteiger partial charge on any atom is 0.186 e. The van der Waals surface area contributed by atoms with Crippen molar-refractivity contribution in [2.45, 2.75) is 214 Å². The predicted octanol–water partition coefficient (Wildman–Crippen LogP) is -3.50. The van der Waals surface area contributed by atoms with E-state index in [9.17, 15) is 71.2 Å². The number of hydrogen-bond donors (Lipinski definition) is 13. The molecule has 0 aromatic carbocycles. The topological polar surface area (TPSA) is 363 Å². The van der Waals surface area contributed by atoms with E-state index in [1.807, 2.05) is 6.92 Å². The van der Waals surface area contributed by atoms with Gasteiger partial charge in [0.05, 0.1) is 45.2 Å². The lowest BCUT2D eigenvalue weighted by Crippen LogP contribution is -2.64. The minimum absolute atomic E-state index is 0.0647. The molecule has 0 bridgehead atoms. The number of carbonyl (C=O) groups excluding carboxylic acids is 1. The highest BCUT2D eigenvalue weighted by Gasteiger charge is 2.69. The summed E-state index contributed by atoms with van der Waals surface area (Å²) in [4.78, 5) is 14.5. The summed E-state index contributed by atoms with van der Waals surface area (Å²) in [6.07, 6.45) is -22.5. The van der Waals surface area contributed by atoms with Crippen molar-refractivity contribution in [1.29, 1.82) is 0 Å². The highest BCUT2D eigenvalue weighted by atomic mass is 16.8. The molecule has 4 aliphatic carbocycles. The van der Waals surface area contributed by atoms with Gasteiger partial charge in [-0.1, -0.05) is 27.7 Å². The van der Waals surface area contributed by atoms with Gasteiger partial charge in [-0.2, -0.15) is 0 Å². The lowest BCUT2D eigenvalue weighted by molar-refractivity contribution is -0.361. The number of aliphatic hydroxyl groups is 13. The summed E-state index contributed by atoms with van der Waals surface area (Å²) >= 11 is 0. The van der Waals surface area contributed by atoms with Crippen LogP contribution in [0, 0.1) is 52.3 Å². The predicted molar refractivity (Wildman–Crippen MR) is 240 cm³/mol. The Bertz CT molecular complexity index is 1850. The van der Waals surface area contributed by atoms with Crippen molar-refractivity contribution >= 4 is 5.78 Å². The van der Waals surface area contributed by atoms with Gasteiger partial charge in [0.15, 0.2) is 30.9 Å². The minimum atomic E-state index is -1.76. The number of Topliss-reactive ketones (excluding diaryl/α,β-unsaturated/α-hetero) is 1. The van der Waals surface area contributed by atoms with Gasteiger partial charge in [0.1, 0.15) is 91.2 Å². The lowest BCUT2D eigenvalue weighted by Gasteiger charge is -2.60. The first-order chi connectivity index (χ1) is 34.0. The van der Waals surface area contributed by atoms with Gasteiger partial charge in [-0.05, 0) is 85.4 Å². The zero-order valence-corrected chi connectivity index (χ0v) is 41.4. The van der Waals surface area contributed by atoms with Crippen LogP contribution in [0.1, 0.15) is 85.5 Å². The average molecular weight is 1040 g/mol. The molecule has 9 fully saturated rings. The number of ether oxygens (including phenoxy) is 9. The molecule has 5 saturated heterocycles. The lowest BCUT2D eigenvalue weighted by atomic mass is 9.44. The Balaban J connectivity index is 0.813. The maximum absolute atomic E-state index is 14.5. The first-order valence-electron chi connectivity index (χ1n) is 26.1. The molecular formula is C49H80O23. The summed E-state index contributed by atoms with van der Waals surface area (Å²) in [6.45, 7) is 6.81. The number of ketones is 1. The first-order valence-corrected chi connectivity index (χ1v) is 26.1. The van der Waals surface area contributed by atoms with E-state index < -0.39 is 142 Å². The van der Waals surface area contributed by atoms with Gasteiger partial charge < -0.3 is 109 Å². The van der Waals surface area contributed by atoms with Crippen LogP contribution >= 0.6 is 0 Å². The molecule has 0 radical (unpaired) electrons. The monoisotopic (exact) mass is 1040 g/mol. The normalized spacial score (nSPS) is 55.2. The summed E-state index contributed by atoms with van der Waals surface area (Å²) in [5, 5.41) is 137. The van der Waals surface area contributed by atoms with Crippen LogP contribution in [0.2, 0.25) is 0 Å². The molecule has 0 spiro atoms. The molecule has 23 nitrogen and oxygen atoms in total. The van der Waals surface area contributed by atoms with E-state index in [0.717, 1.165) is 19.3 Å². The van der Waals surface area contributed by atoms with Crippen LogP contribution in [-0.2, 0) is 47.4 Å². The largest absolute Gasteiger partial charge is 0.394 e. The number of hydrogen-bond acceptors (Lipinski definition) is 23. The van der Waals surface area contributed by atoms with E-state index in [-0.39, 0.29) is 77.4 Å². The molecule has 5 heterocycles. The highest BCUT2D eigenvalue weighted by Crippen LogP contribution is 2.70. The van der Waals surface area contributed by atoms with Crippen LogP contribution in [0.4, 0.5) is 0 Å². The molecule has 13 N–H and O–H groups in total. The van der Waals surface area contributed by atoms with Gasteiger partial charge in [-0.15, -0.1) is 0 Å². The molecule has 9 rings (SSSR count). The van der Waals surface area contributed by atoms with Crippen LogP contribution in [-0.4, -0.2) is 234 Å². The second-order valence-corrected chi connectivity index (χ2v) is 23.4. The second kappa shape index (κ2) is 21.6. The van der Waals surface area contributed by atoms with Crippen molar-refractivity contribution < 1.29 is 114 Å². The summed E-state index contributed by atoms with van der Waals surface area (Å²) in [5.74, 6) is -1.28. The quantitative estimate of drug-likeness (QED) is 0.0751. The molecule has 5 aliphatic heterocycles. The van der Waals surface area contributed by atoms with Crippen LogP contribution in [0.3, 0.4) is 0 Å². The first kappa shape index (κ1) is 55.5.